The van der Waals surface area contributed by atoms with Crippen molar-refractivity contribution in [2.75, 3.05) is 6.61 Å². The molecular formula is C22H16N2O5. The molecule has 7 nitrogen and oxygen atoms in total. The first-order valence-electron chi connectivity index (χ1n) is 8.98. The van der Waals surface area contributed by atoms with Gasteiger partial charge < -0.3 is 9.47 Å². The Kier molecular flexibility index (Phi) is 4.78. The van der Waals surface area contributed by atoms with Gasteiger partial charge in [0, 0.05) is 23.3 Å². The number of rotatable bonds is 5. The molecule has 0 bridgehead atoms. The topological polar surface area (TPSA) is 91.0 Å². The molecule has 3 aromatic rings. The number of carbonyl (C=O) groups excluding carboxylic acids is 1. The van der Waals surface area contributed by atoms with Gasteiger partial charge in [0.1, 0.15) is 5.75 Å². The van der Waals surface area contributed by atoms with Crippen LogP contribution in [0, 0.1) is 10.1 Å². The van der Waals surface area contributed by atoms with Crippen molar-refractivity contribution >= 4 is 34.4 Å². The van der Waals surface area contributed by atoms with Crippen LogP contribution in [0.4, 0.5) is 5.69 Å². The molecule has 3 aromatic carbocycles. The van der Waals surface area contributed by atoms with Gasteiger partial charge in [-0.25, -0.2) is 9.79 Å². The Labute approximate surface area is 166 Å². The number of ether oxygens (including phenoxy) is 2. The lowest BCUT2D eigenvalue weighted by Gasteiger charge is -2.10. The van der Waals surface area contributed by atoms with Gasteiger partial charge in [0.25, 0.3) is 5.69 Å². The number of nitrogens with zero attached hydrogens (tertiary/aromatic N) is 2. The summed E-state index contributed by atoms with van der Waals surface area (Å²) in [6.07, 6.45) is 1.65. The first kappa shape index (κ1) is 18.4. The van der Waals surface area contributed by atoms with E-state index in [0.29, 0.717) is 17.9 Å². The van der Waals surface area contributed by atoms with Crippen molar-refractivity contribution in [2.24, 2.45) is 4.99 Å². The summed E-state index contributed by atoms with van der Waals surface area (Å²) in [5, 5.41) is 12.7. The van der Waals surface area contributed by atoms with E-state index < -0.39 is 10.9 Å². The molecule has 0 fully saturated rings. The van der Waals surface area contributed by atoms with Gasteiger partial charge in [-0.15, -0.1) is 0 Å². The standard InChI is InChI=1S/C22H16N2O5/c1-2-28-20-12-9-14-5-3-4-6-17(14)18(20)13-19-22(25)29-21(23-19)15-7-10-16(11-8-15)24(26)27/h3-13H,2H2,1H3/b19-13-. The van der Waals surface area contributed by atoms with Crippen LogP contribution in [0.25, 0.3) is 16.8 Å². The molecule has 4 rings (SSSR count). The predicted octanol–water partition coefficient (Wildman–Crippen LogP) is 4.49. The molecule has 7 heteroatoms. The Hall–Kier alpha value is -4.00. The lowest BCUT2D eigenvalue weighted by atomic mass is 10.0. The van der Waals surface area contributed by atoms with Gasteiger partial charge in [0.05, 0.1) is 11.5 Å². The number of cyclic esters (lactones) is 1. The Bertz CT molecular complexity index is 1180. The van der Waals surface area contributed by atoms with Gasteiger partial charge in [-0.3, -0.25) is 10.1 Å². The number of non-ortho nitro benzene ring substituents is 1. The first-order chi connectivity index (χ1) is 14.1. The van der Waals surface area contributed by atoms with E-state index in [2.05, 4.69) is 4.99 Å². The molecule has 0 spiro atoms. The van der Waals surface area contributed by atoms with E-state index in [1.54, 1.807) is 6.08 Å². The van der Waals surface area contributed by atoms with E-state index in [4.69, 9.17) is 9.47 Å². The van der Waals surface area contributed by atoms with Gasteiger partial charge in [-0.05, 0) is 42.0 Å². The minimum Gasteiger partial charge on any atom is -0.493 e. The average molecular weight is 388 g/mol. The van der Waals surface area contributed by atoms with Crippen LogP contribution in [0.2, 0.25) is 0 Å². The third-order valence-corrected chi connectivity index (χ3v) is 4.46. The van der Waals surface area contributed by atoms with E-state index in [1.165, 1.54) is 24.3 Å². The van der Waals surface area contributed by atoms with Gasteiger partial charge >= 0.3 is 5.97 Å². The number of aliphatic imine (C=N–C) groups is 1. The fourth-order valence-corrected chi connectivity index (χ4v) is 3.10. The minimum absolute atomic E-state index is 0.0495. The number of carbonyl (C=O) groups is 1. The second kappa shape index (κ2) is 7.55. The Morgan fingerprint density at radius 2 is 1.86 bits per heavy atom. The Morgan fingerprint density at radius 1 is 1.10 bits per heavy atom. The van der Waals surface area contributed by atoms with Crippen LogP contribution in [-0.4, -0.2) is 23.4 Å². The highest BCUT2D eigenvalue weighted by atomic mass is 16.6. The van der Waals surface area contributed by atoms with E-state index in [-0.39, 0.29) is 17.3 Å². The van der Waals surface area contributed by atoms with E-state index >= 15 is 0 Å². The van der Waals surface area contributed by atoms with Gasteiger partial charge in [-0.1, -0.05) is 30.3 Å². The molecule has 1 aliphatic heterocycles. The van der Waals surface area contributed by atoms with Crippen molar-refractivity contribution in [3.63, 3.8) is 0 Å². The third-order valence-electron chi connectivity index (χ3n) is 4.46. The van der Waals surface area contributed by atoms with Gasteiger partial charge in [-0.2, -0.15) is 0 Å². The number of hydrogen-bond donors (Lipinski definition) is 0. The smallest absolute Gasteiger partial charge is 0.363 e. The van der Waals surface area contributed by atoms with Gasteiger partial charge in [0.2, 0.25) is 5.90 Å². The SMILES string of the molecule is CCOc1ccc2ccccc2c1/C=C1\N=C(c2ccc([N+](=O)[O-])cc2)OC1=O. The highest BCUT2D eigenvalue weighted by Gasteiger charge is 2.25. The molecule has 0 N–H and O–H groups in total. The van der Waals surface area contributed by atoms with Crippen molar-refractivity contribution in [1.82, 2.24) is 0 Å². The fourth-order valence-electron chi connectivity index (χ4n) is 3.10. The quantitative estimate of drug-likeness (QED) is 0.278. The van der Waals surface area contributed by atoms with E-state index in [0.717, 1.165) is 16.3 Å². The summed E-state index contributed by atoms with van der Waals surface area (Å²) in [5.74, 6) is 0.161. The summed E-state index contributed by atoms with van der Waals surface area (Å²) < 4.78 is 11.0. The van der Waals surface area contributed by atoms with Crippen LogP contribution < -0.4 is 4.74 Å². The highest BCUT2D eigenvalue weighted by Crippen LogP contribution is 2.32. The number of benzene rings is 3. The average Bonchev–Trinajstić information content (AvgIpc) is 3.10. The maximum atomic E-state index is 12.4. The van der Waals surface area contributed by atoms with Crippen molar-refractivity contribution in [2.45, 2.75) is 6.92 Å². The van der Waals surface area contributed by atoms with Gasteiger partial charge in [0.15, 0.2) is 5.70 Å². The molecule has 0 unspecified atom stereocenters. The largest absolute Gasteiger partial charge is 0.493 e. The van der Waals surface area contributed by atoms with Crippen molar-refractivity contribution < 1.29 is 19.2 Å². The summed E-state index contributed by atoms with van der Waals surface area (Å²) in [4.78, 5) is 27.0. The summed E-state index contributed by atoms with van der Waals surface area (Å²) in [7, 11) is 0. The van der Waals surface area contributed by atoms with Crippen LogP contribution >= 0.6 is 0 Å². The second-order valence-electron chi connectivity index (χ2n) is 6.27. The van der Waals surface area contributed by atoms with Crippen LogP contribution in [0.1, 0.15) is 18.1 Å². The van der Waals surface area contributed by atoms with E-state index in [1.807, 2.05) is 43.3 Å². The first-order valence-corrected chi connectivity index (χ1v) is 8.98. The Morgan fingerprint density at radius 3 is 2.59 bits per heavy atom. The molecule has 0 aliphatic carbocycles. The number of nitro benzene ring substituents is 1. The second-order valence-corrected chi connectivity index (χ2v) is 6.27. The maximum Gasteiger partial charge on any atom is 0.363 e. The predicted molar refractivity (Wildman–Crippen MR) is 109 cm³/mol. The summed E-state index contributed by atoms with van der Waals surface area (Å²) in [5.41, 5.74) is 1.31. The zero-order chi connectivity index (χ0) is 20.4. The number of fused-ring (bicyclic) bond motifs is 1. The highest BCUT2D eigenvalue weighted by molar-refractivity contribution is 6.13. The number of esters is 1. The molecule has 29 heavy (non-hydrogen) atoms. The van der Waals surface area contributed by atoms with Crippen molar-refractivity contribution in [3.05, 3.63) is 87.6 Å². The zero-order valence-electron chi connectivity index (χ0n) is 15.5. The molecule has 0 saturated carbocycles. The minimum atomic E-state index is -0.589. The van der Waals surface area contributed by atoms with Crippen LogP contribution in [-0.2, 0) is 9.53 Å². The van der Waals surface area contributed by atoms with Crippen LogP contribution in [0.3, 0.4) is 0 Å². The third kappa shape index (κ3) is 3.58. The molecular weight excluding hydrogens is 372 g/mol. The number of hydrogen-bond acceptors (Lipinski definition) is 6. The molecule has 144 valence electrons. The summed E-state index contributed by atoms with van der Waals surface area (Å²) in [6.45, 7) is 2.37. The molecule has 1 heterocycles. The lowest BCUT2D eigenvalue weighted by Crippen LogP contribution is -2.05. The summed E-state index contributed by atoms with van der Waals surface area (Å²) >= 11 is 0. The normalized spacial score (nSPS) is 14.7. The maximum absolute atomic E-state index is 12.4. The molecule has 1 aliphatic rings. The molecule has 0 radical (unpaired) electrons. The van der Waals surface area contributed by atoms with Crippen molar-refractivity contribution in [1.29, 1.82) is 0 Å². The fraction of sp³-hybridized carbons (Fsp3) is 0.0909. The zero-order valence-corrected chi connectivity index (χ0v) is 15.5. The van der Waals surface area contributed by atoms with Crippen LogP contribution in [0.15, 0.2) is 71.4 Å². The molecule has 0 saturated heterocycles. The lowest BCUT2D eigenvalue weighted by molar-refractivity contribution is -0.384. The van der Waals surface area contributed by atoms with Crippen LogP contribution in [0.5, 0.6) is 5.75 Å². The van der Waals surface area contributed by atoms with Crippen molar-refractivity contribution in [3.8, 4) is 5.75 Å². The Balaban J connectivity index is 1.77. The molecule has 0 aromatic heterocycles. The molecule has 0 amide bonds. The summed E-state index contributed by atoms with van der Waals surface area (Å²) in [6, 6.07) is 17.3. The monoisotopic (exact) mass is 388 g/mol. The molecule has 0 atom stereocenters. The van der Waals surface area contributed by atoms with E-state index in [9.17, 15) is 14.9 Å². The number of nitro groups is 1.